The zero-order chi connectivity index (χ0) is 18.5. The third kappa shape index (κ3) is 4.50. The molecule has 0 spiro atoms. The number of nitrogens with one attached hydrogen (secondary N) is 1. The maximum Gasteiger partial charge on any atom is 0.237 e. The SMILES string of the molecule is CC(C(=O)NCc1ccccc1Cl)N1CCN(c2ccccc2Cl)CC1. The summed E-state index contributed by atoms with van der Waals surface area (Å²) in [6, 6.07) is 15.3. The summed E-state index contributed by atoms with van der Waals surface area (Å²) in [5.41, 5.74) is 1.99. The summed E-state index contributed by atoms with van der Waals surface area (Å²) >= 11 is 12.4. The highest BCUT2D eigenvalue weighted by atomic mass is 35.5. The first-order valence-corrected chi connectivity index (χ1v) is 9.56. The van der Waals surface area contributed by atoms with Gasteiger partial charge >= 0.3 is 0 Å². The lowest BCUT2D eigenvalue weighted by atomic mass is 10.2. The highest BCUT2D eigenvalue weighted by Gasteiger charge is 2.26. The summed E-state index contributed by atoms with van der Waals surface area (Å²) in [6.07, 6.45) is 0. The molecule has 0 aliphatic carbocycles. The van der Waals surface area contributed by atoms with Gasteiger partial charge in [-0.1, -0.05) is 53.5 Å². The highest BCUT2D eigenvalue weighted by Crippen LogP contribution is 2.26. The van der Waals surface area contributed by atoms with Crippen molar-refractivity contribution in [3.63, 3.8) is 0 Å². The molecule has 26 heavy (non-hydrogen) atoms. The van der Waals surface area contributed by atoms with Gasteiger partial charge in [0.05, 0.1) is 16.8 Å². The van der Waals surface area contributed by atoms with Crippen LogP contribution in [-0.2, 0) is 11.3 Å². The van der Waals surface area contributed by atoms with Crippen LogP contribution in [0.4, 0.5) is 5.69 Å². The fourth-order valence-corrected chi connectivity index (χ4v) is 3.65. The summed E-state index contributed by atoms with van der Waals surface area (Å²) in [6.45, 7) is 5.76. The number of piperazine rings is 1. The minimum atomic E-state index is -0.175. The average Bonchev–Trinajstić information content (AvgIpc) is 2.67. The zero-order valence-corrected chi connectivity index (χ0v) is 16.3. The number of carbonyl (C=O) groups excluding carboxylic acids is 1. The predicted octanol–water partition coefficient (Wildman–Crippen LogP) is 3.82. The minimum absolute atomic E-state index is 0.0242. The lowest BCUT2D eigenvalue weighted by molar-refractivity contribution is -0.126. The fraction of sp³-hybridized carbons (Fsp3) is 0.350. The van der Waals surface area contributed by atoms with Gasteiger partial charge in [0.25, 0.3) is 0 Å². The molecule has 0 bridgehead atoms. The number of para-hydroxylation sites is 1. The number of carbonyl (C=O) groups is 1. The van der Waals surface area contributed by atoms with E-state index in [1.165, 1.54) is 0 Å². The molecule has 2 aromatic rings. The monoisotopic (exact) mass is 391 g/mol. The van der Waals surface area contributed by atoms with Gasteiger partial charge in [0.1, 0.15) is 0 Å². The molecule has 6 heteroatoms. The van der Waals surface area contributed by atoms with Crippen LogP contribution >= 0.6 is 23.2 Å². The van der Waals surface area contributed by atoms with E-state index in [9.17, 15) is 4.79 Å². The summed E-state index contributed by atoms with van der Waals surface area (Å²) in [4.78, 5) is 17.0. The Morgan fingerprint density at radius 1 is 1.00 bits per heavy atom. The van der Waals surface area contributed by atoms with E-state index in [0.717, 1.165) is 42.5 Å². The Balaban J connectivity index is 1.51. The predicted molar refractivity (Wildman–Crippen MR) is 108 cm³/mol. The molecule has 0 aromatic heterocycles. The van der Waals surface area contributed by atoms with Gasteiger partial charge in [0.2, 0.25) is 5.91 Å². The Labute approximate surface area is 164 Å². The van der Waals surface area contributed by atoms with Crippen LogP contribution in [0.15, 0.2) is 48.5 Å². The Bertz CT molecular complexity index is 760. The topological polar surface area (TPSA) is 35.6 Å². The van der Waals surface area contributed by atoms with E-state index < -0.39 is 0 Å². The van der Waals surface area contributed by atoms with E-state index in [0.29, 0.717) is 11.6 Å². The molecule has 1 aliphatic rings. The van der Waals surface area contributed by atoms with Crippen molar-refractivity contribution < 1.29 is 4.79 Å². The number of nitrogens with zero attached hydrogens (tertiary/aromatic N) is 2. The summed E-state index contributed by atoms with van der Waals surface area (Å²) < 4.78 is 0. The lowest BCUT2D eigenvalue weighted by Gasteiger charge is -2.38. The van der Waals surface area contributed by atoms with Gasteiger partial charge in [-0.2, -0.15) is 0 Å². The van der Waals surface area contributed by atoms with Crippen LogP contribution in [0.1, 0.15) is 12.5 Å². The van der Waals surface area contributed by atoms with Gasteiger partial charge in [0, 0.05) is 37.7 Å². The second-order valence-corrected chi connectivity index (χ2v) is 7.27. The minimum Gasteiger partial charge on any atom is -0.368 e. The van der Waals surface area contributed by atoms with Gasteiger partial charge in [-0.05, 0) is 30.7 Å². The van der Waals surface area contributed by atoms with E-state index in [1.807, 2.05) is 55.5 Å². The van der Waals surface area contributed by atoms with Crippen molar-refractivity contribution in [2.24, 2.45) is 0 Å². The number of amides is 1. The van der Waals surface area contributed by atoms with Crippen molar-refractivity contribution in [1.82, 2.24) is 10.2 Å². The highest BCUT2D eigenvalue weighted by molar-refractivity contribution is 6.33. The quantitative estimate of drug-likeness (QED) is 0.841. The molecule has 1 aliphatic heterocycles. The van der Waals surface area contributed by atoms with Gasteiger partial charge in [-0.25, -0.2) is 0 Å². The van der Waals surface area contributed by atoms with Gasteiger partial charge < -0.3 is 10.2 Å². The van der Waals surface area contributed by atoms with Crippen LogP contribution in [0, 0.1) is 0 Å². The van der Waals surface area contributed by atoms with E-state index in [-0.39, 0.29) is 11.9 Å². The summed E-state index contributed by atoms with van der Waals surface area (Å²) in [5, 5.41) is 4.43. The van der Waals surface area contributed by atoms with Crippen molar-refractivity contribution in [2.75, 3.05) is 31.1 Å². The average molecular weight is 392 g/mol. The van der Waals surface area contributed by atoms with Gasteiger partial charge in [0.15, 0.2) is 0 Å². The summed E-state index contributed by atoms with van der Waals surface area (Å²) in [7, 11) is 0. The first kappa shape index (κ1) is 19.0. The molecule has 1 atom stereocenters. The molecule has 1 fully saturated rings. The number of rotatable bonds is 5. The van der Waals surface area contributed by atoms with Crippen molar-refractivity contribution in [3.05, 3.63) is 64.1 Å². The van der Waals surface area contributed by atoms with Crippen LogP contribution in [0.5, 0.6) is 0 Å². The molecule has 1 saturated heterocycles. The summed E-state index contributed by atoms with van der Waals surface area (Å²) in [5.74, 6) is 0.0242. The molecule has 1 heterocycles. The molecule has 2 aromatic carbocycles. The molecule has 0 radical (unpaired) electrons. The van der Waals surface area contributed by atoms with E-state index in [2.05, 4.69) is 15.1 Å². The van der Waals surface area contributed by atoms with Gasteiger partial charge in [-0.15, -0.1) is 0 Å². The Morgan fingerprint density at radius 3 is 2.27 bits per heavy atom. The maximum absolute atomic E-state index is 12.5. The second-order valence-electron chi connectivity index (χ2n) is 6.46. The number of anilines is 1. The maximum atomic E-state index is 12.5. The van der Waals surface area contributed by atoms with Crippen LogP contribution in [0.3, 0.4) is 0 Å². The van der Waals surface area contributed by atoms with Crippen molar-refractivity contribution in [1.29, 1.82) is 0 Å². The third-order valence-corrected chi connectivity index (χ3v) is 5.53. The third-order valence-electron chi connectivity index (χ3n) is 4.85. The number of benzene rings is 2. The van der Waals surface area contributed by atoms with Crippen LogP contribution in [0.2, 0.25) is 10.0 Å². The normalized spacial score (nSPS) is 16.3. The first-order chi connectivity index (χ1) is 12.6. The molecular formula is C20H23Cl2N3O. The van der Waals surface area contributed by atoms with Crippen LogP contribution in [0.25, 0.3) is 0 Å². The van der Waals surface area contributed by atoms with Gasteiger partial charge in [-0.3, -0.25) is 9.69 Å². The largest absolute Gasteiger partial charge is 0.368 e. The molecular weight excluding hydrogens is 369 g/mol. The van der Waals surface area contributed by atoms with Crippen molar-refractivity contribution in [2.45, 2.75) is 19.5 Å². The molecule has 3 rings (SSSR count). The second kappa shape index (κ2) is 8.76. The lowest BCUT2D eigenvalue weighted by Crippen LogP contribution is -2.53. The molecule has 0 saturated carbocycles. The molecule has 4 nitrogen and oxygen atoms in total. The van der Waals surface area contributed by atoms with E-state index >= 15 is 0 Å². The van der Waals surface area contributed by atoms with E-state index in [1.54, 1.807) is 0 Å². The molecule has 1 N–H and O–H groups in total. The molecule has 138 valence electrons. The fourth-order valence-electron chi connectivity index (χ4n) is 3.20. The number of halogens is 2. The number of hydrogen-bond donors (Lipinski definition) is 1. The number of hydrogen-bond acceptors (Lipinski definition) is 3. The molecule has 1 unspecified atom stereocenters. The molecule has 1 amide bonds. The Kier molecular flexibility index (Phi) is 6.41. The van der Waals surface area contributed by atoms with Crippen molar-refractivity contribution in [3.8, 4) is 0 Å². The van der Waals surface area contributed by atoms with E-state index in [4.69, 9.17) is 23.2 Å². The zero-order valence-electron chi connectivity index (χ0n) is 14.8. The Morgan fingerprint density at radius 2 is 1.62 bits per heavy atom. The van der Waals surface area contributed by atoms with Crippen molar-refractivity contribution >= 4 is 34.8 Å². The van der Waals surface area contributed by atoms with Crippen LogP contribution < -0.4 is 10.2 Å². The first-order valence-electron chi connectivity index (χ1n) is 8.81. The standard InChI is InChI=1S/C20H23Cl2N3O/c1-15(20(26)23-14-16-6-2-3-7-17(16)21)24-10-12-25(13-11-24)19-9-5-4-8-18(19)22/h2-9,15H,10-14H2,1H3,(H,23,26). The van der Waals surface area contributed by atoms with Crippen LogP contribution in [-0.4, -0.2) is 43.0 Å². The smallest absolute Gasteiger partial charge is 0.237 e. The Hall–Kier alpha value is -1.75.